The maximum atomic E-state index is 5.68. The van der Waals surface area contributed by atoms with Crippen molar-refractivity contribution in [2.75, 3.05) is 6.61 Å². The third-order valence-corrected chi connectivity index (χ3v) is 6.02. The van der Waals surface area contributed by atoms with Gasteiger partial charge < -0.3 is 4.74 Å². The van der Waals surface area contributed by atoms with Gasteiger partial charge in [-0.1, -0.05) is 57.6 Å². The molecule has 2 aromatic rings. The zero-order valence-electron chi connectivity index (χ0n) is 18.0. The van der Waals surface area contributed by atoms with Gasteiger partial charge >= 0.3 is 0 Å². The van der Waals surface area contributed by atoms with E-state index >= 15 is 0 Å². The van der Waals surface area contributed by atoms with Crippen molar-refractivity contribution in [1.82, 2.24) is 9.97 Å². The van der Waals surface area contributed by atoms with E-state index in [-0.39, 0.29) is 0 Å². The Kier molecular flexibility index (Phi) is 8.56. The van der Waals surface area contributed by atoms with Crippen molar-refractivity contribution in [2.24, 2.45) is 5.92 Å². The Labute approximate surface area is 176 Å². The molecule has 0 amide bonds. The Morgan fingerprint density at radius 3 is 2.28 bits per heavy atom. The predicted octanol–water partition coefficient (Wildman–Crippen LogP) is 6.52. The Morgan fingerprint density at radius 2 is 1.62 bits per heavy atom. The van der Waals surface area contributed by atoms with Crippen LogP contribution in [-0.2, 0) is 0 Å². The number of aromatic nitrogens is 2. The minimum absolute atomic E-state index is 0.533. The zero-order valence-corrected chi connectivity index (χ0v) is 18.0. The average Bonchev–Trinajstić information content (AvgIpc) is 2.79. The number of hydrogen-bond acceptors (Lipinski definition) is 3. The molecule has 0 bridgehead atoms. The number of rotatable bonds is 8. The topological polar surface area (TPSA) is 35.0 Å². The summed E-state index contributed by atoms with van der Waals surface area (Å²) in [6.45, 7) is 5.25. The highest BCUT2D eigenvalue weighted by Gasteiger charge is 2.20. The van der Waals surface area contributed by atoms with Crippen LogP contribution in [-0.4, -0.2) is 16.6 Å². The number of nitrogens with zero attached hydrogens (tertiary/aromatic N) is 2. The minimum Gasteiger partial charge on any atom is -0.490 e. The van der Waals surface area contributed by atoms with Crippen LogP contribution in [0.2, 0.25) is 0 Å². The lowest BCUT2D eigenvalue weighted by Gasteiger charge is -2.28. The van der Waals surface area contributed by atoms with E-state index in [1.807, 2.05) is 0 Å². The van der Waals surface area contributed by atoms with Gasteiger partial charge in [0.05, 0.1) is 19.0 Å². The van der Waals surface area contributed by atoms with Crippen LogP contribution in [0.3, 0.4) is 0 Å². The van der Waals surface area contributed by atoms with E-state index in [0.717, 1.165) is 30.4 Å². The summed E-state index contributed by atoms with van der Waals surface area (Å²) in [4.78, 5) is 8.61. The maximum absolute atomic E-state index is 5.68. The molecule has 0 spiro atoms. The van der Waals surface area contributed by atoms with Gasteiger partial charge in [-0.3, -0.25) is 0 Å². The van der Waals surface area contributed by atoms with Crippen molar-refractivity contribution in [3.05, 3.63) is 53.6 Å². The van der Waals surface area contributed by atoms with Crippen LogP contribution in [0.5, 0.6) is 5.75 Å². The SMILES string of the molecule is CCCCCCOc1cnc(C#Cc2ccc([C@H]3CC[C@H](CC)CC3)cc2)nc1. The van der Waals surface area contributed by atoms with Gasteiger partial charge in [-0.2, -0.15) is 0 Å². The lowest BCUT2D eigenvalue weighted by molar-refractivity contribution is 0.302. The average molecular weight is 391 g/mol. The van der Waals surface area contributed by atoms with Crippen molar-refractivity contribution in [2.45, 2.75) is 77.6 Å². The van der Waals surface area contributed by atoms with E-state index in [2.05, 4.69) is 59.9 Å². The summed E-state index contributed by atoms with van der Waals surface area (Å²) in [6.07, 6.45) is 14.9. The zero-order chi connectivity index (χ0) is 20.3. The monoisotopic (exact) mass is 390 g/mol. The molecule has 154 valence electrons. The molecule has 0 unspecified atom stereocenters. The number of benzene rings is 1. The lowest BCUT2D eigenvalue weighted by Crippen LogP contribution is -2.12. The Morgan fingerprint density at radius 1 is 0.897 bits per heavy atom. The predicted molar refractivity (Wildman–Crippen MR) is 119 cm³/mol. The molecule has 1 aromatic heterocycles. The summed E-state index contributed by atoms with van der Waals surface area (Å²) in [5.41, 5.74) is 2.47. The van der Waals surface area contributed by atoms with Gasteiger partial charge in [-0.05, 0) is 67.6 Å². The van der Waals surface area contributed by atoms with Gasteiger partial charge in [0.1, 0.15) is 0 Å². The number of ether oxygens (including phenoxy) is 1. The normalized spacial score (nSPS) is 18.7. The van der Waals surface area contributed by atoms with Gasteiger partial charge in [0, 0.05) is 5.56 Å². The largest absolute Gasteiger partial charge is 0.490 e. The van der Waals surface area contributed by atoms with E-state index in [1.165, 1.54) is 56.9 Å². The van der Waals surface area contributed by atoms with Crippen LogP contribution in [0.25, 0.3) is 0 Å². The number of unbranched alkanes of at least 4 members (excludes halogenated alkanes) is 3. The van der Waals surface area contributed by atoms with E-state index in [4.69, 9.17) is 4.74 Å². The second-order valence-corrected chi connectivity index (χ2v) is 8.15. The second-order valence-electron chi connectivity index (χ2n) is 8.15. The first-order chi connectivity index (χ1) is 14.3. The molecule has 3 heteroatoms. The van der Waals surface area contributed by atoms with Crippen molar-refractivity contribution in [3.8, 4) is 17.6 Å². The second kappa shape index (κ2) is 11.6. The van der Waals surface area contributed by atoms with Gasteiger partial charge in [0.2, 0.25) is 5.82 Å². The van der Waals surface area contributed by atoms with Gasteiger partial charge in [-0.25, -0.2) is 9.97 Å². The molecule has 29 heavy (non-hydrogen) atoms. The minimum atomic E-state index is 0.533. The molecule has 0 atom stereocenters. The molecule has 1 fully saturated rings. The molecule has 1 saturated carbocycles. The fraction of sp³-hybridized carbons (Fsp3) is 0.538. The first-order valence-corrected chi connectivity index (χ1v) is 11.3. The van der Waals surface area contributed by atoms with Gasteiger partial charge in [-0.15, -0.1) is 0 Å². The fourth-order valence-corrected chi connectivity index (χ4v) is 4.04. The van der Waals surface area contributed by atoms with Crippen molar-refractivity contribution in [1.29, 1.82) is 0 Å². The molecule has 0 N–H and O–H groups in total. The van der Waals surface area contributed by atoms with E-state index in [0.29, 0.717) is 11.6 Å². The highest BCUT2D eigenvalue weighted by Crippen LogP contribution is 2.36. The van der Waals surface area contributed by atoms with Crippen LogP contribution < -0.4 is 4.74 Å². The third-order valence-electron chi connectivity index (χ3n) is 6.02. The lowest BCUT2D eigenvalue weighted by atomic mass is 9.78. The fourth-order valence-electron chi connectivity index (χ4n) is 4.04. The third kappa shape index (κ3) is 6.89. The molecule has 1 aromatic carbocycles. The summed E-state index contributed by atoms with van der Waals surface area (Å²) >= 11 is 0. The van der Waals surface area contributed by atoms with Crippen molar-refractivity contribution >= 4 is 0 Å². The van der Waals surface area contributed by atoms with Gasteiger partial charge in [0.25, 0.3) is 0 Å². The summed E-state index contributed by atoms with van der Waals surface area (Å²) in [5, 5.41) is 0. The molecule has 3 rings (SSSR count). The highest BCUT2D eigenvalue weighted by molar-refractivity contribution is 5.40. The van der Waals surface area contributed by atoms with Crippen LogP contribution in [0, 0.1) is 17.8 Å². The molecule has 1 aliphatic rings. The molecular formula is C26H34N2O. The Bertz CT molecular complexity index is 778. The van der Waals surface area contributed by atoms with Crippen LogP contribution in [0.4, 0.5) is 0 Å². The van der Waals surface area contributed by atoms with E-state index < -0.39 is 0 Å². The van der Waals surface area contributed by atoms with E-state index in [9.17, 15) is 0 Å². The molecule has 3 nitrogen and oxygen atoms in total. The Hall–Kier alpha value is -2.34. The van der Waals surface area contributed by atoms with Crippen molar-refractivity contribution < 1.29 is 4.74 Å². The smallest absolute Gasteiger partial charge is 0.205 e. The Balaban J connectivity index is 1.49. The standard InChI is InChI=1S/C26H34N2O/c1-3-5-6-7-18-29-25-19-27-26(28-20-25)17-12-22-10-15-24(16-11-22)23-13-8-21(4-2)9-14-23/h10-11,15-16,19-21,23H,3-9,13-14,18H2,1-2H3/t21-,23-. The molecule has 0 saturated heterocycles. The van der Waals surface area contributed by atoms with Gasteiger partial charge in [0.15, 0.2) is 5.75 Å². The summed E-state index contributed by atoms with van der Waals surface area (Å²) in [6, 6.07) is 8.75. The first kappa shape index (κ1) is 21.4. The first-order valence-electron chi connectivity index (χ1n) is 11.3. The molecular weight excluding hydrogens is 356 g/mol. The van der Waals surface area contributed by atoms with Crippen LogP contribution in [0.1, 0.15) is 94.5 Å². The van der Waals surface area contributed by atoms with E-state index in [1.54, 1.807) is 12.4 Å². The molecule has 1 heterocycles. The molecule has 1 aliphatic carbocycles. The van der Waals surface area contributed by atoms with Crippen LogP contribution in [0.15, 0.2) is 36.7 Å². The van der Waals surface area contributed by atoms with Crippen molar-refractivity contribution in [3.63, 3.8) is 0 Å². The number of hydrogen-bond donors (Lipinski definition) is 0. The molecule has 0 radical (unpaired) electrons. The maximum Gasteiger partial charge on any atom is 0.205 e. The van der Waals surface area contributed by atoms with Crippen LogP contribution >= 0.6 is 0 Å². The highest BCUT2D eigenvalue weighted by atomic mass is 16.5. The summed E-state index contributed by atoms with van der Waals surface area (Å²) < 4.78 is 5.68. The summed E-state index contributed by atoms with van der Waals surface area (Å²) in [7, 11) is 0. The summed E-state index contributed by atoms with van der Waals surface area (Å²) in [5.74, 6) is 9.14. The molecule has 0 aliphatic heterocycles. The quantitative estimate of drug-likeness (QED) is 0.380.